The van der Waals surface area contributed by atoms with Crippen molar-refractivity contribution in [3.63, 3.8) is 0 Å². The van der Waals surface area contributed by atoms with Crippen LogP contribution in [0.5, 0.6) is 0 Å². The molecule has 92 valence electrons. The third kappa shape index (κ3) is 2.85. The Morgan fingerprint density at radius 2 is 2.18 bits per heavy atom. The van der Waals surface area contributed by atoms with Gasteiger partial charge >= 0.3 is 0 Å². The van der Waals surface area contributed by atoms with Crippen LogP contribution in [0.2, 0.25) is 0 Å². The summed E-state index contributed by atoms with van der Waals surface area (Å²) >= 11 is 2.01. The van der Waals surface area contributed by atoms with Crippen LogP contribution in [0.15, 0.2) is 30.5 Å². The average molecular weight is 248 g/mol. The van der Waals surface area contributed by atoms with E-state index in [0.29, 0.717) is 6.54 Å². The summed E-state index contributed by atoms with van der Waals surface area (Å²) in [7, 11) is 0. The number of aryl methyl sites for hydroxylation is 1. The second kappa shape index (κ2) is 6.12. The van der Waals surface area contributed by atoms with E-state index in [2.05, 4.69) is 42.0 Å². The predicted molar refractivity (Wildman–Crippen MR) is 77.4 cm³/mol. The van der Waals surface area contributed by atoms with Crippen molar-refractivity contribution >= 4 is 22.7 Å². The number of hydrogen-bond donors (Lipinski definition) is 1. The van der Waals surface area contributed by atoms with Crippen LogP contribution >= 0.6 is 11.8 Å². The molecule has 0 bridgehead atoms. The summed E-state index contributed by atoms with van der Waals surface area (Å²) in [6, 6.07) is 8.58. The Kier molecular flexibility index (Phi) is 4.51. The maximum Gasteiger partial charge on any atom is 0.0483 e. The Labute approximate surface area is 107 Å². The van der Waals surface area contributed by atoms with Crippen LogP contribution in [0.3, 0.4) is 0 Å². The van der Waals surface area contributed by atoms with Gasteiger partial charge < -0.3 is 10.3 Å². The second-order valence-electron chi connectivity index (χ2n) is 4.11. The third-order valence-electron chi connectivity index (χ3n) is 3.02. The molecule has 0 aliphatic heterocycles. The van der Waals surface area contributed by atoms with Crippen molar-refractivity contribution in [2.24, 2.45) is 5.73 Å². The summed E-state index contributed by atoms with van der Waals surface area (Å²) in [4.78, 5) is 0. The molecule has 0 atom stereocenters. The van der Waals surface area contributed by atoms with Gasteiger partial charge in [0.1, 0.15) is 0 Å². The number of rotatable bonds is 6. The van der Waals surface area contributed by atoms with E-state index in [9.17, 15) is 0 Å². The van der Waals surface area contributed by atoms with Crippen molar-refractivity contribution < 1.29 is 0 Å². The van der Waals surface area contributed by atoms with Gasteiger partial charge in [-0.3, -0.25) is 0 Å². The molecule has 1 heterocycles. The molecule has 0 amide bonds. The lowest BCUT2D eigenvalue weighted by Gasteiger charge is -2.06. The molecule has 2 rings (SSSR count). The first-order chi connectivity index (χ1) is 8.36. The molecular weight excluding hydrogens is 228 g/mol. The molecule has 2 N–H and O–H groups in total. The predicted octanol–water partition coefficient (Wildman–Crippen LogP) is 3.24. The molecule has 0 fully saturated rings. The van der Waals surface area contributed by atoms with E-state index >= 15 is 0 Å². The fourth-order valence-corrected chi connectivity index (χ4v) is 2.76. The third-order valence-corrected chi connectivity index (χ3v) is 4.00. The number of fused-ring (bicyclic) bond motifs is 1. The van der Waals surface area contributed by atoms with Crippen LogP contribution in [0.4, 0.5) is 0 Å². The molecule has 17 heavy (non-hydrogen) atoms. The van der Waals surface area contributed by atoms with E-state index < -0.39 is 0 Å². The average Bonchev–Trinajstić information content (AvgIpc) is 2.78. The fourth-order valence-electron chi connectivity index (χ4n) is 2.14. The first-order valence-electron chi connectivity index (χ1n) is 6.21. The second-order valence-corrected chi connectivity index (χ2v) is 5.51. The van der Waals surface area contributed by atoms with E-state index in [0.717, 1.165) is 6.54 Å². The van der Waals surface area contributed by atoms with Gasteiger partial charge in [0.05, 0.1) is 0 Å². The van der Waals surface area contributed by atoms with Gasteiger partial charge in [0, 0.05) is 30.2 Å². The summed E-state index contributed by atoms with van der Waals surface area (Å²) in [6.45, 7) is 3.93. The van der Waals surface area contributed by atoms with Crippen molar-refractivity contribution in [2.75, 3.05) is 11.5 Å². The molecule has 2 nitrogen and oxygen atoms in total. The largest absolute Gasteiger partial charge is 0.347 e. The summed E-state index contributed by atoms with van der Waals surface area (Å²) < 4.78 is 2.34. The van der Waals surface area contributed by atoms with Crippen LogP contribution in [-0.4, -0.2) is 16.1 Å². The Morgan fingerprint density at radius 1 is 1.29 bits per heavy atom. The van der Waals surface area contributed by atoms with Crippen LogP contribution in [0.1, 0.15) is 18.9 Å². The van der Waals surface area contributed by atoms with Crippen LogP contribution < -0.4 is 5.73 Å². The Balaban J connectivity index is 2.13. The van der Waals surface area contributed by atoms with Gasteiger partial charge in [-0.05, 0) is 35.6 Å². The smallest absolute Gasteiger partial charge is 0.0483 e. The number of thioether (sulfide) groups is 1. The van der Waals surface area contributed by atoms with Gasteiger partial charge in [0.15, 0.2) is 0 Å². The monoisotopic (exact) mass is 248 g/mol. The number of aromatic nitrogens is 1. The van der Waals surface area contributed by atoms with Crippen molar-refractivity contribution in [1.29, 1.82) is 0 Å². The maximum atomic E-state index is 5.75. The zero-order chi connectivity index (χ0) is 12.1. The van der Waals surface area contributed by atoms with Gasteiger partial charge in [0.2, 0.25) is 0 Å². The quantitative estimate of drug-likeness (QED) is 0.796. The van der Waals surface area contributed by atoms with E-state index in [1.54, 1.807) is 0 Å². The van der Waals surface area contributed by atoms with Gasteiger partial charge in [-0.25, -0.2) is 0 Å². The molecule has 3 heteroatoms. The minimum atomic E-state index is 0.618. The molecule has 0 radical (unpaired) electrons. The molecule has 0 saturated carbocycles. The molecule has 2 aromatic rings. The number of benzene rings is 1. The van der Waals surface area contributed by atoms with E-state index in [-0.39, 0.29) is 0 Å². The lowest BCUT2D eigenvalue weighted by atomic mass is 10.1. The summed E-state index contributed by atoms with van der Waals surface area (Å²) in [6.07, 6.45) is 3.41. The SMILES string of the molecule is CCSCCCn1ccc2c(CN)cccc21. The highest BCUT2D eigenvalue weighted by molar-refractivity contribution is 7.99. The van der Waals surface area contributed by atoms with E-state index in [4.69, 9.17) is 5.73 Å². The molecule has 0 saturated heterocycles. The fraction of sp³-hybridized carbons (Fsp3) is 0.429. The minimum absolute atomic E-state index is 0.618. The zero-order valence-corrected chi connectivity index (χ0v) is 11.2. The highest BCUT2D eigenvalue weighted by atomic mass is 32.2. The first kappa shape index (κ1) is 12.5. The minimum Gasteiger partial charge on any atom is -0.347 e. The highest BCUT2D eigenvalue weighted by Crippen LogP contribution is 2.20. The van der Waals surface area contributed by atoms with E-state index in [1.165, 1.54) is 34.4 Å². The molecular formula is C14H20N2S. The number of hydrogen-bond acceptors (Lipinski definition) is 2. The Bertz CT molecular complexity index is 476. The van der Waals surface area contributed by atoms with Crippen molar-refractivity contribution in [1.82, 2.24) is 4.57 Å². The molecule has 0 aliphatic carbocycles. The van der Waals surface area contributed by atoms with Crippen LogP contribution in [0.25, 0.3) is 10.9 Å². The molecule has 0 unspecified atom stereocenters. The zero-order valence-electron chi connectivity index (χ0n) is 10.4. The molecule has 0 spiro atoms. The lowest BCUT2D eigenvalue weighted by Crippen LogP contribution is -1.99. The summed E-state index contributed by atoms with van der Waals surface area (Å²) in [5, 5.41) is 1.30. The van der Waals surface area contributed by atoms with Crippen LogP contribution in [0, 0.1) is 0 Å². The van der Waals surface area contributed by atoms with Gasteiger partial charge in [-0.2, -0.15) is 11.8 Å². The van der Waals surface area contributed by atoms with Gasteiger partial charge in [-0.15, -0.1) is 0 Å². The maximum absolute atomic E-state index is 5.75. The normalized spacial score (nSPS) is 11.2. The standard InChI is InChI=1S/C14H20N2S/c1-2-17-10-4-8-16-9-7-13-12(11-15)5-3-6-14(13)16/h3,5-7,9H,2,4,8,10-11,15H2,1H3. The first-order valence-corrected chi connectivity index (χ1v) is 7.37. The van der Waals surface area contributed by atoms with Crippen LogP contribution in [-0.2, 0) is 13.1 Å². The van der Waals surface area contributed by atoms with Gasteiger partial charge in [0.25, 0.3) is 0 Å². The van der Waals surface area contributed by atoms with Crippen molar-refractivity contribution in [3.05, 3.63) is 36.0 Å². The number of nitrogens with zero attached hydrogens (tertiary/aromatic N) is 1. The summed E-state index contributed by atoms with van der Waals surface area (Å²) in [5.74, 6) is 2.45. The Morgan fingerprint density at radius 3 is 2.94 bits per heavy atom. The Hall–Kier alpha value is -0.930. The van der Waals surface area contributed by atoms with Crippen molar-refractivity contribution in [2.45, 2.75) is 26.4 Å². The van der Waals surface area contributed by atoms with Gasteiger partial charge in [-0.1, -0.05) is 19.1 Å². The highest BCUT2D eigenvalue weighted by Gasteiger charge is 2.03. The van der Waals surface area contributed by atoms with Crippen molar-refractivity contribution in [3.8, 4) is 0 Å². The number of nitrogens with two attached hydrogens (primary N) is 1. The summed E-state index contributed by atoms with van der Waals surface area (Å²) in [5.41, 5.74) is 8.31. The molecule has 1 aromatic heterocycles. The molecule has 1 aromatic carbocycles. The molecule has 0 aliphatic rings. The van der Waals surface area contributed by atoms with E-state index in [1.807, 2.05) is 11.8 Å². The lowest BCUT2D eigenvalue weighted by molar-refractivity contribution is 0.709. The topological polar surface area (TPSA) is 30.9 Å².